The van der Waals surface area contributed by atoms with Crippen LogP contribution < -0.4 is 54.8 Å². The van der Waals surface area contributed by atoms with Gasteiger partial charge in [0, 0.05) is 39.6 Å². The molecule has 74 heavy (non-hydrogen) atoms. The number of hydrogen-bond acceptors (Lipinski definition) is 12. The highest BCUT2D eigenvalue weighted by Gasteiger charge is 2.37. The van der Waals surface area contributed by atoms with E-state index in [-0.39, 0.29) is 62.7 Å². The fourth-order valence-corrected chi connectivity index (χ4v) is 7.53. The lowest BCUT2D eigenvalue weighted by molar-refractivity contribution is -0.146. The van der Waals surface area contributed by atoms with Crippen molar-refractivity contribution in [3.8, 4) is 0 Å². The number of guanidine groups is 2. The molecule has 0 aliphatic carbocycles. The van der Waals surface area contributed by atoms with Gasteiger partial charge in [-0.1, -0.05) is 81.5 Å². The Kier molecular flexibility index (Phi) is 26.0. The molecule has 25 nitrogen and oxygen atoms in total. The van der Waals surface area contributed by atoms with Crippen molar-refractivity contribution in [2.45, 2.75) is 122 Å². The number of ether oxygens (including phenoxy) is 1. The topological polar surface area (TPSA) is 408 Å². The molecule has 10 unspecified atom stereocenters. The van der Waals surface area contributed by atoms with Crippen LogP contribution in [0.4, 0.5) is 0 Å². The van der Waals surface area contributed by atoms with E-state index < -0.39 is 120 Å². The summed E-state index contributed by atoms with van der Waals surface area (Å²) in [7, 11) is 2.80. The van der Waals surface area contributed by atoms with Gasteiger partial charge < -0.3 is 74.7 Å². The Hall–Kier alpha value is -7.83. The van der Waals surface area contributed by atoms with E-state index in [0.717, 1.165) is 10.5 Å². The zero-order valence-corrected chi connectivity index (χ0v) is 43.1. The van der Waals surface area contributed by atoms with E-state index in [2.05, 4.69) is 48.5 Å². The molecule has 0 radical (unpaired) electrons. The molecule has 0 bridgehead atoms. The molecule has 2 rings (SSSR count). The Morgan fingerprint density at radius 2 is 1.32 bits per heavy atom. The van der Waals surface area contributed by atoms with Gasteiger partial charge in [-0.25, -0.2) is 9.59 Å². The van der Waals surface area contributed by atoms with Gasteiger partial charge in [0.05, 0.1) is 24.0 Å². The number of benzene rings is 1. The summed E-state index contributed by atoms with van der Waals surface area (Å²) in [4.78, 5) is 130. The number of allylic oxidation sites excluding steroid dienone is 2. The number of hydrogen-bond donors (Lipinski definition) is 12. The average Bonchev–Trinajstić information content (AvgIpc) is 3.34. The summed E-state index contributed by atoms with van der Waals surface area (Å²) in [6.07, 6.45) is 4.40. The number of carbonyl (C=O) groups is 9. The monoisotopic (exact) mass is 1040 g/mol. The molecule has 1 aliphatic heterocycles. The molecular formula is C49H75N13O12. The lowest BCUT2D eigenvalue weighted by Gasteiger charge is -2.28. The minimum atomic E-state index is -1.95. The number of aliphatic imine (C=N–C) groups is 2. The first-order valence-corrected chi connectivity index (χ1v) is 24.1. The first-order valence-electron chi connectivity index (χ1n) is 24.1. The highest BCUT2D eigenvalue weighted by Crippen LogP contribution is 2.19. The minimum absolute atomic E-state index is 0.00394. The number of amides is 7. The number of methoxy groups -OCH3 is 1. The third-order valence-electron chi connectivity index (χ3n) is 12.2. The number of aliphatic carboxylic acids is 2. The molecule has 1 aliphatic rings. The van der Waals surface area contributed by atoms with Crippen molar-refractivity contribution >= 4 is 65.2 Å². The molecule has 0 spiro atoms. The second-order valence-electron chi connectivity index (χ2n) is 18.1. The molecule has 1 saturated heterocycles. The van der Waals surface area contributed by atoms with Crippen LogP contribution in [0.2, 0.25) is 0 Å². The van der Waals surface area contributed by atoms with E-state index in [0.29, 0.717) is 12.0 Å². The number of rotatable bonds is 17. The normalized spacial score (nSPS) is 24.6. The molecule has 408 valence electrons. The molecule has 1 aromatic rings. The molecule has 16 N–H and O–H groups in total. The van der Waals surface area contributed by atoms with E-state index in [1.165, 1.54) is 33.9 Å². The summed E-state index contributed by atoms with van der Waals surface area (Å²) in [6.45, 7) is 11.2. The summed E-state index contributed by atoms with van der Waals surface area (Å²) in [5, 5.41) is 35.4. The fourth-order valence-electron chi connectivity index (χ4n) is 7.53. The van der Waals surface area contributed by atoms with Gasteiger partial charge >= 0.3 is 11.9 Å². The molecule has 10 atom stereocenters. The van der Waals surface area contributed by atoms with Crippen LogP contribution in [0.3, 0.4) is 0 Å². The van der Waals surface area contributed by atoms with Crippen molar-refractivity contribution in [3.05, 3.63) is 72.0 Å². The van der Waals surface area contributed by atoms with Crippen molar-refractivity contribution in [2.24, 2.45) is 50.7 Å². The summed E-state index contributed by atoms with van der Waals surface area (Å²) in [6, 6.07) is 0.633. The van der Waals surface area contributed by atoms with Crippen molar-refractivity contribution in [2.75, 3.05) is 27.2 Å². The summed E-state index contributed by atoms with van der Waals surface area (Å²) >= 11 is 0. The minimum Gasteiger partial charge on any atom is -0.480 e. The van der Waals surface area contributed by atoms with Crippen molar-refractivity contribution in [1.82, 2.24) is 36.8 Å². The van der Waals surface area contributed by atoms with Gasteiger partial charge in [-0.2, -0.15) is 0 Å². The van der Waals surface area contributed by atoms with Gasteiger partial charge in [-0.15, -0.1) is 0 Å². The van der Waals surface area contributed by atoms with E-state index in [1.807, 2.05) is 43.3 Å². The van der Waals surface area contributed by atoms with Crippen LogP contribution in [-0.2, 0) is 54.3 Å². The van der Waals surface area contributed by atoms with Gasteiger partial charge in [0.1, 0.15) is 35.9 Å². The third kappa shape index (κ3) is 21.1. The zero-order chi connectivity index (χ0) is 55.8. The highest BCUT2D eigenvalue weighted by atomic mass is 16.5. The summed E-state index contributed by atoms with van der Waals surface area (Å²) in [5.41, 5.74) is 23.2. The van der Waals surface area contributed by atoms with E-state index in [9.17, 15) is 53.4 Å². The Morgan fingerprint density at radius 1 is 0.784 bits per heavy atom. The van der Waals surface area contributed by atoms with Crippen LogP contribution in [0.5, 0.6) is 0 Å². The molecule has 1 aromatic carbocycles. The second-order valence-corrected chi connectivity index (χ2v) is 18.1. The summed E-state index contributed by atoms with van der Waals surface area (Å²) in [5.74, 6) is -13.1. The highest BCUT2D eigenvalue weighted by molar-refractivity contribution is 6.00. The quantitative estimate of drug-likeness (QED) is 0.0281. The van der Waals surface area contributed by atoms with E-state index in [4.69, 9.17) is 27.7 Å². The molecular weight excluding hydrogens is 963 g/mol. The van der Waals surface area contributed by atoms with E-state index in [1.54, 1.807) is 20.1 Å². The van der Waals surface area contributed by atoms with Gasteiger partial charge in [0.15, 0.2) is 11.9 Å². The molecule has 0 saturated carbocycles. The van der Waals surface area contributed by atoms with Gasteiger partial charge in [0.25, 0.3) is 5.91 Å². The van der Waals surface area contributed by atoms with Crippen LogP contribution >= 0.6 is 0 Å². The van der Waals surface area contributed by atoms with Crippen LogP contribution in [0.25, 0.3) is 0 Å². The maximum Gasteiger partial charge on any atom is 0.327 e. The third-order valence-corrected chi connectivity index (χ3v) is 12.2. The van der Waals surface area contributed by atoms with Crippen LogP contribution in [0, 0.1) is 17.8 Å². The molecule has 0 aromatic heterocycles. The van der Waals surface area contributed by atoms with Gasteiger partial charge in [-0.05, 0) is 57.9 Å². The number of nitrogens with one attached hydrogen (secondary N) is 6. The Morgan fingerprint density at radius 3 is 1.85 bits per heavy atom. The molecule has 1 fully saturated rings. The predicted octanol–water partition coefficient (Wildman–Crippen LogP) is -1.37. The Balaban J connectivity index is 2.74. The number of carboxylic acids is 2. The first-order chi connectivity index (χ1) is 34.8. The summed E-state index contributed by atoms with van der Waals surface area (Å²) < 4.78 is 5.81. The first kappa shape index (κ1) is 62.3. The van der Waals surface area contributed by atoms with Gasteiger partial charge in [-0.3, -0.25) is 43.5 Å². The number of carboxylic acid groups (broad SMARTS) is 2. The van der Waals surface area contributed by atoms with Crippen LogP contribution in [0.15, 0.2) is 76.4 Å². The number of nitrogens with two attached hydrogens (primary N) is 4. The largest absolute Gasteiger partial charge is 0.480 e. The average molecular weight is 1040 g/mol. The predicted molar refractivity (Wildman–Crippen MR) is 275 cm³/mol. The lowest BCUT2D eigenvalue weighted by atomic mass is 9.94. The molecule has 25 heteroatoms. The van der Waals surface area contributed by atoms with Crippen molar-refractivity contribution in [1.29, 1.82) is 0 Å². The zero-order valence-electron chi connectivity index (χ0n) is 43.1. The Labute approximate surface area is 430 Å². The lowest BCUT2D eigenvalue weighted by Crippen LogP contribution is -2.59. The molecule has 7 amide bonds. The Bertz CT molecular complexity index is 2280. The second kappa shape index (κ2) is 30.9. The fraction of sp³-hybridized carbons (Fsp3) is 0.531. The van der Waals surface area contributed by atoms with Crippen molar-refractivity contribution in [3.63, 3.8) is 0 Å². The standard InChI is InChI=1S/C49H75N13O12/c1-26(24-27(2)37(74-8)25-32-14-10-9-11-15-32)18-19-33-28(3)40(64)60-36(46(70)71)20-21-38(63)62(7)31(6)43(67)56-30(5)42(66)59-35(17-13-23-55-49(52)53)45(69)61-39(47(72)73)29(4)41(65)58-34(44(68)57-33)16-12-22-54-48(50)51/h9-11,14-15,18-19,24,27-30,33-37,39H,6,12-13,16-17,20-23,25H2,1-5,7-8H3,(H,56,67)(H,57,68)(H,58,65)(H,59,66)(H,60,64)(H,61,69)(H,70,71)(H,72,73)(H4,50,51,54)(H4,52,53,55)/b19-18+,26-24+. The maximum absolute atomic E-state index is 14.4. The number of likely N-dealkylation sites (N-methyl/N-ethyl adjacent to an activating group) is 1. The smallest absolute Gasteiger partial charge is 0.327 e. The van der Waals surface area contributed by atoms with Crippen molar-refractivity contribution < 1.29 is 58.1 Å². The number of nitrogens with zero attached hydrogens (tertiary/aromatic N) is 3. The maximum atomic E-state index is 14.4. The molecule has 1 heterocycles. The number of carbonyl (C=O) groups excluding carboxylic acids is 7. The van der Waals surface area contributed by atoms with E-state index >= 15 is 0 Å². The van der Waals surface area contributed by atoms with Gasteiger partial charge in [0.2, 0.25) is 35.4 Å². The SMILES string of the molecule is C=C1C(=O)NC(C)C(=O)NC(CCCN=C(N)N)C(=O)NC(C(=O)O)C(C)C(=O)NC(CCCN=C(N)N)C(=O)NC(/C=C/C(C)=C/C(C)C(Cc2ccccc2)OC)C(C)C(=O)NC(C(=O)O)CCC(=O)N1C. The van der Waals surface area contributed by atoms with Crippen LogP contribution in [0.1, 0.15) is 78.7 Å². The van der Waals surface area contributed by atoms with Crippen LogP contribution in [-0.4, -0.2) is 150 Å².